The van der Waals surface area contributed by atoms with Gasteiger partial charge in [-0.3, -0.25) is 9.78 Å². The van der Waals surface area contributed by atoms with Crippen molar-refractivity contribution in [2.75, 3.05) is 54.4 Å². The van der Waals surface area contributed by atoms with E-state index in [1.807, 2.05) is 56.0 Å². The van der Waals surface area contributed by atoms with Crippen LogP contribution in [0.5, 0.6) is 0 Å². The van der Waals surface area contributed by atoms with Gasteiger partial charge in [0.05, 0.1) is 46.5 Å². The first kappa shape index (κ1) is 28.4. The number of aryl methyl sites for hydroxylation is 2. The van der Waals surface area contributed by atoms with E-state index in [9.17, 15) is 19.6 Å². The lowest BCUT2D eigenvalue weighted by atomic mass is 9.99. The summed E-state index contributed by atoms with van der Waals surface area (Å²) in [6, 6.07) is 16.5. The Hall–Kier alpha value is -4.16. The van der Waals surface area contributed by atoms with Gasteiger partial charge < -0.3 is 25.1 Å². The molecule has 2 aliphatic rings. The number of hydrogen-bond acceptors (Lipinski definition) is 7. The molecule has 3 aromatic rings. The van der Waals surface area contributed by atoms with Crippen LogP contribution in [0, 0.1) is 37.9 Å². The van der Waals surface area contributed by atoms with Crippen molar-refractivity contribution in [3.63, 3.8) is 0 Å². The SMILES string of the molecule is Cc1nc(C)c(C(=O)N2CCN(c3ccccc3)[C@H](CO)C2)c(C)c1NC1CCN(c2ccc(F)cc2C#N)CC1. The van der Waals surface area contributed by atoms with Crippen molar-refractivity contribution in [3.8, 4) is 6.07 Å². The Morgan fingerprint density at radius 1 is 1.07 bits per heavy atom. The van der Waals surface area contributed by atoms with Gasteiger partial charge in [-0.2, -0.15) is 5.26 Å². The second-order valence-corrected chi connectivity index (χ2v) is 11.0. The summed E-state index contributed by atoms with van der Waals surface area (Å²) in [6.45, 7) is 8.89. The third-order valence-corrected chi connectivity index (χ3v) is 8.35. The van der Waals surface area contributed by atoms with Gasteiger partial charge in [-0.05, 0) is 69.5 Å². The number of hydrogen-bond donors (Lipinski definition) is 2. The molecule has 2 N–H and O–H groups in total. The molecule has 9 heteroatoms. The van der Waals surface area contributed by atoms with Crippen LogP contribution in [0.4, 0.5) is 21.5 Å². The highest BCUT2D eigenvalue weighted by Crippen LogP contribution is 2.31. The Balaban J connectivity index is 1.29. The molecule has 1 aromatic heterocycles. The Kier molecular flexibility index (Phi) is 8.41. The smallest absolute Gasteiger partial charge is 0.256 e. The number of nitrogens with one attached hydrogen (secondary N) is 1. The van der Waals surface area contributed by atoms with E-state index in [4.69, 9.17) is 4.98 Å². The molecular formula is C32H37FN6O2. The summed E-state index contributed by atoms with van der Waals surface area (Å²) in [7, 11) is 0. The number of nitrogens with zero attached hydrogens (tertiary/aromatic N) is 5. The molecular weight excluding hydrogens is 519 g/mol. The standard InChI is InChI=1S/C32H37FN6O2/c1-21-30(32(41)38-15-16-39(28(19-38)20-40)27-7-5-4-6-8-27)22(2)35-23(3)31(21)36-26-11-13-37(14-12-26)29-10-9-25(33)17-24(29)18-34/h4-10,17,26,28,36,40H,11-16,19-20H2,1-3H3/t28-/m0/s1. The number of para-hydroxylation sites is 1. The number of nitriles is 1. The fourth-order valence-electron chi connectivity index (χ4n) is 6.21. The highest BCUT2D eigenvalue weighted by Gasteiger charge is 2.32. The average molecular weight is 557 g/mol. The van der Waals surface area contributed by atoms with E-state index in [1.54, 1.807) is 6.07 Å². The van der Waals surface area contributed by atoms with E-state index in [0.29, 0.717) is 36.5 Å². The molecule has 0 radical (unpaired) electrons. The van der Waals surface area contributed by atoms with Crippen LogP contribution in [-0.4, -0.2) is 72.3 Å². The summed E-state index contributed by atoms with van der Waals surface area (Å²) >= 11 is 0. The summed E-state index contributed by atoms with van der Waals surface area (Å²) in [4.78, 5) is 24.8. The largest absolute Gasteiger partial charge is 0.394 e. The van der Waals surface area contributed by atoms with Gasteiger partial charge in [-0.1, -0.05) is 18.2 Å². The lowest BCUT2D eigenvalue weighted by Gasteiger charge is -2.42. The van der Waals surface area contributed by atoms with Crippen molar-refractivity contribution in [2.24, 2.45) is 0 Å². The van der Waals surface area contributed by atoms with Crippen LogP contribution in [0.1, 0.15) is 45.7 Å². The van der Waals surface area contributed by atoms with Gasteiger partial charge in [0.2, 0.25) is 0 Å². The number of piperazine rings is 1. The molecule has 2 fully saturated rings. The van der Waals surface area contributed by atoms with Crippen LogP contribution >= 0.6 is 0 Å². The van der Waals surface area contributed by atoms with Gasteiger partial charge in [0.15, 0.2) is 0 Å². The number of anilines is 3. The van der Waals surface area contributed by atoms with Crippen LogP contribution in [0.25, 0.3) is 0 Å². The maximum Gasteiger partial charge on any atom is 0.256 e. The maximum absolute atomic E-state index is 13.9. The normalized spacial score (nSPS) is 17.9. The van der Waals surface area contributed by atoms with Crippen molar-refractivity contribution < 1.29 is 14.3 Å². The summed E-state index contributed by atoms with van der Waals surface area (Å²) in [5.41, 5.74) is 6.11. The number of halogens is 1. The molecule has 0 aliphatic carbocycles. The molecule has 0 saturated carbocycles. The number of amides is 1. The fraction of sp³-hybridized carbons (Fsp3) is 0.406. The van der Waals surface area contributed by atoms with E-state index in [2.05, 4.69) is 21.2 Å². The van der Waals surface area contributed by atoms with Crippen molar-refractivity contribution >= 4 is 23.0 Å². The number of aromatic nitrogens is 1. The molecule has 2 aliphatic heterocycles. The predicted octanol–water partition coefficient (Wildman–Crippen LogP) is 4.42. The lowest BCUT2D eigenvalue weighted by molar-refractivity contribution is 0.0697. The number of carbonyl (C=O) groups excluding carboxylic acids is 1. The first-order valence-electron chi connectivity index (χ1n) is 14.2. The van der Waals surface area contributed by atoms with Gasteiger partial charge in [0, 0.05) is 44.5 Å². The minimum atomic E-state index is -0.407. The predicted molar refractivity (Wildman–Crippen MR) is 159 cm³/mol. The molecule has 0 unspecified atom stereocenters. The van der Waals surface area contributed by atoms with Crippen LogP contribution in [0.15, 0.2) is 48.5 Å². The number of aliphatic hydroxyl groups excluding tert-OH is 1. The van der Waals surface area contributed by atoms with E-state index in [1.165, 1.54) is 12.1 Å². The summed E-state index contributed by atoms with van der Waals surface area (Å²) in [5.74, 6) is -0.466. The molecule has 0 bridgehead atoms. The lowest BCUT2D eigenvalue weighted by Crippen LogP contribution is -2.56. The van der Waals surface area contributed by atoms with Crippen molar-refractivity contribution in [1.29, 1.82) is 5.26 Å². The molecule has 0 spiro atoms. The van der Waals surface area contributed by atoms with E-state index in [-0.39, 0.29) is 24.6 Å². The number of pyridine rings is 1. The highest BCUT2D eigenvalue weighted by molar-refractivity contribution is 5.98. The minimum Gasteiger partial charge on any atom is -0.394 e. The topological polar surface area (TPSA) is 95.7 Å². The number of aliphatic hydroxyl groups is 1. The van der Waals surface area contributed by atoms with E-state index in [0.717, 1.165) is 54.3 Å². The Bertz CT molecular complexity index is 1450. The highest BCUT2D eigenvalue weighted by atomic mass is 19.1. The van der Waals surface area contributed by atoms with Gasteiger partial charge >= 0.3 is 0 Å². The third kappa shape index (κ3) is 5.84. The molecule has 3 heterocycles. The molecule has 2 saturated heterocycles. The summed E-state index contributed by atoms with van der Waals surface area (Å²) in [5, 5.41) is 23.3. The average Bonchev–Trinajstić information content (AvgIpc) is 2.99. The number of rotatable bonds is 6. The zero-order valence-corrected chi connectivity index (χ0v) is 23.9. The molecule has 1 atom stereocenters. The van der Waals surface area contributed by atoms with E-state index < -0.39 is 5.82 Å². The molecule has 41 heavy (non-hydrogen) atoms. The number of benzene rings is 2. The number of piperidine rings is 1. The van der Waals surface area contributed by atoms with Gasteiger partial charge in [-0.25, -0.2) is 4.39 Å². The zero-order chi connectivity index (χ0) is 29.1. The fourth-order valence-corrected chi connectivity index (χ4v) is 6.21. The Morgan fingerprint density at radius 2 is 1.80 bits per heavy atom. The Labute approximate surface area is 241 Å². The second kappa shape index (κ2) is 12.1. The molecule has 5 rings (SSSR count). The van der Waals surface area contributed by atoms with Crippen molar-refractivity contribution in [3.05, 3.63) is 82.4 Å². The second-order valence-electron chi connectivity index (χ2n) is 11.0. The van der Waals surface area contributed by atoms with Gasteiger partial charge in [0.1, 0.15) is 11.9 Å². The molecule has 214 valence electrons. The Morgan fingerprint density at radius 3 is 2.49 bits per heavy atom. The molecule has 2 aromatic carbocycles. The van der Waals surface area contributed by atoms with Gasteiger partial charge in [0.25, 0.3) is 5.91 Å². The van der Waals surface area contributed by atoms with Crippen LogP contribution in [-0.2, 0) is 0 Å². The molecule has 1 amide bonds. The maximum atomic E-state index is 13.9. The minimum absolute atomic E-state index is 0.0396. The first-order valence-corrected chi connectivity index (χ1v) is 14.2. The monoisotopic (exact) mass is 556 g/mol. The van der Waals surface area contributed by atoms with Crippen LogP contribution in [0.3, 0.4) is 0 Å². The van der Waals surface area contributed by atoms with Crippen LogP contribution < -0.4 is 15.1 Å². The van der Waals surface area contributed by atoms with Crippen LogP contribution in [0.2, 0.25) is 0 Å². The zero-order valence-electron chi connectivity index (χ0n) is 23.9. The van der Waals surface area contributed by atoms with Crippen molar-refractivity contribution in [1.82, 2.24) is 9.88 Å². The van der Waals surface area contributed by atoms with Crippen molar-refractivity contribution in [2.45, 2.75) is 45.7 Å². The summed E-state index contributed by atoms with van der Waals surface area (Å²) < 4.78 is 13.6. The quantitative estimate of drug-likeness (QED) is 0.464. The van der Waals surface area contributed by atoms with E-state index >= 15 is 0 Å². The first-order chi connectivity index (χ1) is 19.8. The third-order valence-electron chi connectivity index (χ3n) is 8.35. The number of carbonyl (C=O) groups is 1. The van der Waals surface area contributed by atoms with Gasteiger partial charge in [-0.15, -0.1) is 0 Å². The molecule has 8 nitrogen and oxygen atoms in total. The summed E-state index contributed by atoms with van der Waals surface area (Å²) in [6.07, 6.45) is 1.66.